The van der Waals surface area contributed by atoms with E-state index in [0.717, 1.165) is 5.56 Å². The fraction of sp³-hybridized carbons (Fsp3) is 0.471. The normalized spacial score (nSPS) is 19.8. The molecule has 1 aliphatic rings. The van der Waals surface area contributed by atoms with E-state index in [0.29, 0.717) is 12.3 Å². The first-order chi connectivity index (χ1) is 11.5. The van der Waals surface area contributed by atoms with Crippen LogP contribution >= 0.6 is 0 Å². The quantitative estimate of drug-likeness (QED) is 0.707. The van der Waals surface area contributed by atoms with E-state index in [1.54, 1.807) is 20.9 Å². The van der Waals surface area contributed by atoms with Gasteiger partial charge in [0.05, 0.1) is 13.2 Å². The van der Waals surface area contributed by atoms with Gasteiger partial charge >= 0.3 is 11.9 Å². The van der Waals surface area contributed by atoms with Crippen molar-refractivity contribution >= 4 is 17.8 Å². The van der Waals surface area contributed by atoms with Crippen molar-refractivity contribution in [2.75, 3.05) is 20.3 Å². The molecule has 0 radical (unpaired) electrons. The number of carbonyl (C=O) groups is 2. The average Bonchev–Trinajstić information content (AvgIpc) is 2.85. The van der Waals surface area contributed by atoms with E-state index in [1.165, 1.54) is 5.06 Å². The van der Waals surface area contributed by atoms with Crippen LogP contribution in [-0.2, 0) is 30.3 Å². The molecule has 7 nitrogen and oxygen atoms in total. The largest absolute Gasteiger partial charge is 0.466 e. The molecule has 0 N–H and O–H groups in total. The Kier molecular flexibility index (Phi) is 5.92. The van der Waals surface area contributed by atoms with E-state index in [9.17, 15) is 9.59 Å². The molecule has 0 aliphatic carbocycles. The zero-order valence-electron chi connectivity index (χ0n) is 14.2. The molecule has 0 saturated heterocycles. The first-order valence-corrected chi connectivity index (χ1v) is 7.89. The topological polar surface area (TPSA) is 77.4 Å². The molecule has 1 aromatic carbocycles. The first kappa shape index (κ1) is 17.9. The number of aliphatic imine (C=N–C) groups is 1. The van der Waals surface area contributed by atoms with Crippen LogP contribution in [0.25, 0.3) is 0 Å². The summed E-state index contributed by atoms with van der Waals surface area (Å²) in [5.74, 6) is -0.727. The minimum atomic E-state index is -1.72. The molecule has 0 fully saturated rings. The van der Waals surface area contributed by atoms with Gasteiger partial charge in [-0.2, -0.15) is 0 Å². The molecule has 1 atom stereocenters. The number of ether oxygens (including phenoxy) is 2. The third kappa shape index (κ3) is 4.11. The van der Waals surface area contributed by atoms with E-state index < -0.39 is 17.7 Å². The number of benzene rings is 1. The first-order valence-electron chi connectivity index (χ1n) is 7.89. The third-order valence-electron chi connectivity index (χ3n) is 3.45. The SMILES string of the molecule is CCOC(=O)CC1(C(=O)OCC)N=C(Cc2ccccc2)N(C)O1. The summed E-state index contributed by atoms with van der Waals surface area (Å²) < 4.78 is 9.98. The number of hydrogen-bond acceptors (Lipinski definition) is 7. The van der Waals surface area contributed by atoms with Crippen LogP contribution in [0, 0.1) is 0 Å². The Morgan fingerprint density at radius 3 is 2.46 bits per heavy atom. The second kappa shape index (κ2) is 7.92. The number of rotatable bonds is 7. The van der Waals surface area contributed by atoms with Gasteiger partial charge in [-0.05, 0) is 19.4 Å². The van der Waals surface area contributed by atoms with Gasteiger partial charge in [-0.15, -0.1) is 0 Å². The van der Waals surface area contributed by atoms with Gasteiger partial charge in [-0.1, -0.05) is 30.3 Å². The van der Waals surface area contributed by atoms with Crippen LogP contribution in [0.1, 0.15) is 25.8 Å². The van der Waals surface area contributed by atoms with E-state index in [-0.39, 0.29) is 19.6 Å². The van der Waals surface area contributed by atoms with Crippen molar-refractivity contribution in [3.05, 3.63) is 35.9 Å². The molecule has 24 heavy (non-hydrogen) atoms. The third-order valence-corrected chi connectivity index (χ3v) is 3.45. The van der Waals surface area contributed by atoms with Crippen molar-refractivity contribution < 1.29 is 23.9 Å². The lowest BCUT2D eigenvalue weighted by Crippen LogP contribution is -2.43. The standard InChI is InChI=1S/C17H22N2O5/c1-4-22-15(20)12-17(16(21)23-5-2)18-14(19(3)24-17)11-13-9-7-6-8-10-13/h6-10H,4-5,11-12H2,1-3H3. The van der Waals surface area contributed by atoms with Crippen molar-refractivity contribution in [3.8, 4) is 0 Å². The summed E-state index contributed by atoms with van der Waals surface area (Å²) in [7, 11) is 1.65. The summed E-state index contributed by atoms with van der Waals surface area (Å²) in [5, 5.41) is 1.41. The van der Waals surface area contributed by atoms with Gasteiger partial charge < -0.3 is 9.47 Å². The summed E-state index contributed by atoms with van der Waals surface area (Å²) in [4.78, 5) is 34.2. The Labute approximate surface area is 141 Å². The van der Waals surface area contributed by atoms with Crippen molar-refractivity contribution in [2.45, 2.75) is 32.4 Å². The van der Waals surface area contributed by atoms with E-state index in [4.69, 9.17) is 14.3 Å². The highest BCUT2D eigenvalue weighted by Gasteiger charge is 2.50. The minimum Gasteiger partial charge on any atom is -0.466 e. The van der Waals surface area contributed by atoms with Crippen molar-refractivity contribution in [1.29, 1.82) is 0 Å². The van der Waals surface area contributed by atoms with Crippen LogP contribution in [-0.4, -0.2) is 48.8 Å². The predicted octanol–water partition coefficient (Wildman–Crippen LogP) is 1.72. The summed E-state index contributed by atoms with van der Waals surface area (Å²) in [5.41, 5.74) is -0.705. The van der Waals surface area contributed by atoms with E-state index in [1.807, 2.05) is 30.3 Å². The molecule has 1 aliphatic heterocycles. The molecule has 0 bridgehead atoms. The number of carbonyl (C=O) groups excluding carboxylic acids is 2. The maximum Gasteiger partial charge on any atom is 0.364 e. The van der Waals surface area contributed by atoms with Gasteiger partial charge in [0.1, 0.15) is 12.3 Å². The second-order valence-electron chi connectivity index (χ2n) is 5.27. The lowest BCUT2D eigenvalue weighted by Gasteiger charge is -2.23. The van der Waals surface area contributed by atoms with Crippen LogP contribution in [0.3, 0.4) is 0 Å². The Morgan fingerprint density at radius 1 is 1.17 bits per heavy atom. The molecule has 1 heterocycles. The van der Waals surface area contributed by atoms with Crippen LogP contribution in [0.4, 0.5) is 0 Å². The second-order valence-corrected chi connectivity index (χ2v) is 5.27. The van der Waals surface area contributed by atoms with Crippen LogP contribution in [0.5, 0.6) is 0 Å². The van der Waals surface area contributed by atoms with Crippen LogP contribution in [0.15, 0.2) is 35.3 Å². The predicted molar refractivity (Wildman–Crippen MR) is 87.0 cm³/mol. The Bertz CT molecular complexity index is 617. The van der Waals surface area contributed by atoms with Gasteiger partial charge in [0.15, 0.2) is 0 Å². The maximum absolute atomic E-state index is 12.4. The number of nitrogens with zero attached hydrogens (tertiary/aromatic N) is 2. The summed E-state index contributed by atoms with van der Waals surface area (Å²) in [6.45, 7) is 3.76. The highest BCUT2D eigenvalue weighted by Crippen LogP contribution is 2.29. The molecule has 2 rings (SSSR count). The van der Waals surface area contributed by atoms with Gasteiger partial charge in [-0.3, -0.25) is 4.79 Å². The zero-order chi connectivity index (χ0) is 17.6. The lowest BCUT2D eigenvalue weighted by molar-refractivity contribution is -0.207. The molecule has 1 aromatic rings. The molecular weight excluding hydrogens is 312 g/mol. The molecule has 0 saturated carbocycles. The molecule has 0 amide bonds. The number of likely N-dealkylation sites (N-methyl/N-ethyl adjacent to an activating group) is 1. The average molecular weight is 334 g/mol. The fourth-order valence-electron chi connectivity index (χ4n) is 2.39. The van der Waals surface area contributed by atoms with Gasteiger partial charge in [-0.25, -0.2) is 19.7 Å². The highest BCUT2D eigenvalue weighted by molar-refractivity contribution is 5.93. The summed E-state index contributed by atoms with van der Waals surface area (Å²) in [6.07, 6.45) is 0.142. The number of amidine groups is 1. The number of esters is 2. The van der Waals surface area contributed by atoms with E-state index >= 15 is 0 Å². The fourth-order valence-corrected chi connectivity index (χ4v) is 2.39. The zero-order valence-corrected chi connectivity index (χ0v) is 14.2. The molecule has 130 valence electrons. The van der Waals surface area contributed by atoms with Crippen molar-refractivity contribution in [2.24, 2.45) is 4.99 Å². The highest BCUT2D eigenvalue weighted by atomic mass is 16.7. The Balaban J connectivity index is 2.26. The van der Waals surface area contributed by atoms with Gasteiger partial charge in [0, 0.05) is 13.5 Å². The minimum absolute atomic E-state index is 0.167. The van der Waals surface area contributed by atoms with Crippen LogP contribution < -0.4 is 0 Å². The van der Waals surface area contributed by atoms with Gasteiger partial charge in [0.25, 0.3) is 5.72 Å². The summed E-state index contributed by atoms with van der Waals surface area (Å²) in [6, 6.07) is 9.66. The summed E-state index contributed by atoms with van der Waals surface area (Å²) >= 11 is 0. The molecule has 7 heteroatoms. The monoisotopic (exact) mass is 334 g/mol. The molecular formula is C17H22N2O5. The Morgan fingerprint density at radius 2 is 1.83 bits per heavy atom. The molecule has 0 spiro atoms. The molecule has 1 unspecified atom stereocenters. The molecule has 0 aromatic heterocycles. The lowest BCUT2D eigenvalue weighted by atomic mass is 10.1. The van der Waals surface area contributed by atoms with Crippen LogP contribution in [0.2, 0.25) is 0 Å². The maximum atomic E-state index is 12.4. The van der Waals surface area contributed by atoms with E-state index in [2.05, 4.69) is 4.99 Å². The van der Waals surface area contributed by atoms with Gasteiger partial charge in [0.2, 0.25) is 0 Å². The van der Waals surface area contributed by atoms with Crippen molar-refractivity contribution in [3.63, 3.8) is 0 Å². The smallest absolute Gasteiger partial charge is 0.364 e. The van der Waals surface area contributed by atoms with Crippen molar-refractivity contribution in [1.82, 2.24) is 5.06 Å². The number of hydrogen-bond donors (Lipinski definition) is 0. The Hall–Kier alpha value is -2.41. The number of hydroxylamine groups is 2.